The number of fused-ring (bicyclic) bond motifs is 1. The molecule has 0 aliphatic rings. The molecule has 0 unspecified atom stereocenters. The van der Waals surface area contributed by atoms with Crippen molar-refractivity contribution in [1.29, 1.82) is 0 Å². The monoisotopic (exact) mass is 340 g/mol. The van der Waals surface area contributed by atoms with E-state index in [1.54, 1.807) is 36.5 Å². The molecule has 1 aromatic heterocycles. The van der Waals surface area contributed by atoms with E-state index in [1.165, 1.54) is 12.1 Å². The number of hydrogen-bond donors (Lipinski definition) is 2. The quantitative estimate of drug-likeness (QED) is 0.747. The fraction of sp³-hybridized carbons (Fsp3) is 0. The van der Waals surface area contributed by atoms with Crippen LogP contribution in [0.25, 0.3) is 10.9 Å². The number of hydrogen-bond acceptors (Lipinski definition) is 2. The van der Waals surface area contributed by atoms with Gasteiger partial charge in [-0.2, -0.15) is 0 Å². The molecular formula is C14H10Cl2N2O2S. The molecule has 0 amide bonds. The van der Waals surface area contributed by atoms with Crippen LogP contribution in [-0.4, -0.2) is 13.4 Å². The highest BCUT2D eigenvalue weighted by atomic mass is 35.5. The molecule has 0 aliphatic heterocycles. The van der Waals surface area contributed by atoms with E-state index in [-0.39, 0.29) is 4.90 Å². The number of rotatable bonds is 3. The first-order valence-electron chi connectivity index (χ1n) is 6.02. The summed E-state index contributed by atoms with van der Waals surface area (Å²) in [6.45, 7) is 0. The molecule has 1 heterocycles. The maximum absolute atomic E-state index is 12.3. The molecule has 0 spiro atoms. The van der Waals surface area contributed by atoms with Crippen molar-refractivity contribution in [2.45, 2.75) is 4.90 Å². The van der Waals surface area contributed by atoms with Crippen LogP contribution in [-0.2, 0) is 10.0 Å². The lowest BCUT2D eigenvalue weighted by molar-refractivity contribution is 0.601. The van der Waals surface area contributed by atoms with E-state index in [4.69, 9.17) is 23.2 Å². The van der Waals surface area contributed by atoms with Crippen LogP contribution in [0.4, 0.5) is 5.69 Å². The van der Waals surface area contributed by atoms with Gasteiger partial charge in [0.25, 0.3) is 10.0 Å². The molecule has 0 atom stereocenters. The van der Waals surface area contributed by atoms with Crippen LogP contribution in [0.5, 0.6) is 0 Å². The van der Waals surface area contributed by atoms with Crippen molar-refractivity contribution in [3.05, 3.63) is 58.7 Å². The van der Waals surface area contributed by atoms with E-state index < -0.39 is 10.0 Å². The molecule has 2 N–H and O–H groups in total. The van der Waals surface area contributed by atoms with Gasteiger partial charge in [0, 0.05) is 11.6 Å². The predicted molar refractivity (Wildman–Crippen MR) is 85.6 cm³/mol. The summed E-state index contributed by atoms with van der Waals surface area (Å²) in [5.41, 5.74) is 0.942. The fourth-order valence-corrected chi connectivity index (χ4v) is 3.71. The van der Waals surface area contributed by atoms with E-state index in [2.05, 4.69) is 9.71 Å². The normalized spacial score (nSPS) is 11.7. The molecule has 2 aromatic carbocycles. The van der Waals surface area contributed by atoms with Gasteiger partial charge < -0.3 is 4.98 Å². The van der Waals surface area contributed by atoms with Crippen molar-refractivity contribution in [1.82, 2.24) is 4.98 Å². The molecule has 7 heteroatoms. The van der Waals surface area contributed by atoms with Crippen LogP contribution >= 0.6 is 23.2 Å². The van der Waals surface area contributed by atoms with Crippen LogP contribution in [0.3, 0.4) is 0 Å². The molecule has 0 saturated carbocycles. The number of benzene rings is 2. The molecule has 4 nitrogen and oxygen atoms in total. The van der Waals surface area contributed by atoms with E-state index in [9.17, 15) is 8.42 Å². The SMILES string of the molecule is O=S(=O)(Nc1ccc(Cl)c2c(Cl)c[nH]c12)c1ccccc1. The van der Waals surface area contributed by atoms with Crippen LogP contribution < -0.4 is 4.72 Å². The van der Waals surface area contributed by atoms with E-state index in [0.717, 1.165) is 0 Å². The zero-order valence-electron chi connectivity index (χ0n) is 10.6. The third-order valence-corrected chi connectivity index (χ3v) is 5.03. The third-order valence-electron chi connectivity index (χ3n) is 3.03. The van der Waals surface area contributed by atoms with Crippen molar-refractivity contribution >= 4 is 49.8 Å². The second kappa shape index (κ2) is 5.26. The Morgan fingerprint density at radius 2 is 1.67 bits per heavy atom. The number of aromatic amines is 1. The number of aromatic nitrogens is 1. The number of nitrogens with one attached hydrogen (secondary N) is 2. The largest absolute Gasteiger partial charge is 0.358 e. The van der Waals surface area contributed by atoms with Crippen molar-refractivity contribution in [3.63, 3.8) is 0 Å². The Labute approximate surface area is 131 Å². The summed E-state index contributed by atoms with van der Waals surface area (Å²) in [7, 11) is -3.66. The number of halogens is 2. The molecule has 3 aromatic rings. The molecule has 0 aliphatic carbocycles. The molecule has 0 fully saturated rings. The number of sulfonamides is 1. The van der Waals surface area contributed by atoms with Crippen LogP contribution in [0.15, 0.2) is 53.6 Å². The van der Waals surface area contributed by atoms with Gasteiger partial charge in [-0.3, -0.25) is 4.72 Å². The van der Waals surface area contributed by atoms with Crippen LogP contribution in [0.1, 0.15) is 0 Å². The second-order valence-electron chi connectivity index (χ2n) is 4.40. The number of H-pyrrole nitrogens is 1. The first-order valence-corrected chi connectivity index (χ1v) is 8.26. The minimum atomic E-state index is -3.66. The van der Waals surface area contributed by atoms with Crippen molar-refractivity contribution in [2.24, 2.45) is 0 Å². The van der Waals surface area contributed by atoms with Crippen LogP contribution in [0, 0.1) is 0 Å². The van der Waals surface area contributed by atoms with Gasteiger partial charge in [0.15, 0.2) is 0 Å². The maximum Gasteiger partial charge on any atom is 0.261 e. The molecule has 3 rings (SSSR count). The Morgan fingerprint density at radius 1 is 0.952 bits per heavy atom. The van der Waals surface area contributed by atoms with Crippen molar-refractivity contribution in [3.8, 4) is 0 Å². The lowest BCUT2D eigenvalue weighted by Gasteiger charge is -2.09. The van der Waals surface area contributed by atoms with Gasteiger partial charge in [0.1, 0.15) is 0 Å². The molecule has 0 radical (unpaired) electrons. The highest BCUT2D eigenvalue weighted by Gasteiger charge is 2.17. The zero-order valence-corrected chi connectivity index (χ0v) is 12.9. The summed E-state index contributed by atoms with van der Waals surface area (Å²) in [4.78, 5) is 3.11. The predicted octanol–water partition coefficient (Wildman–Crippen LogP) is 4.28. The maximum atomic E-state index is 12.3. The van der Waals surface area contributed by atoms with Gasteiger partial charge in [-0.25, -0.2) is 8.42 Å². The Balaban J connectivity index is 2.09. The zero-order chi connectivity index (χ0) is 15.0. The molecule has 0 saturated heterocycles. The molecule has 21 heavy (non-hydrogen) atoms. The van der Waals surface area contributed by atoms with Crippen LogP contribution in [0.2, 0.25) is 10.0 Å². The summed E-state index contributed by atoms with van der Waals surface area (Å²) in [6, 6.07) is 11.3. The van der Waals surface area contributed by atoms with Gasteiger partial charge in [-0.05, 0) is 24.3 Å². The minimum Gasteiger partial charge on any atom is -0.358 e. The smallest absolute Gasteiger partial charge is 0.261 e. The summed E-state index contributed by atoms with van der Waals surface area (Å²) < 4.78 is 27.2. The van der Waals surface area contributed by atoms with E-state index >= 15 is 0 Å². The minimum absolute atomic E-state index is 0.186. The highest BCUT2D eigenvalue weighted by Crippen LogP contribution is 2.35. The van der Waals surface area contributed by atoms with Gasteiger partial charge in [-0.15, -0.1) is 0 Å². The molecule has 0 bridgehead atoms. The average Bonchev–Trinajstić information content (AvgIpc) is 2.86. The summed E-state index contributed by atoms with van der Waals surface area (Å²) >= 11 is 12.1. The average molecular weight is 341 g/mol. The Hall–Kier alpha value is -1.69. The first kappa shape index (κ1) is 14.3. The Morgan fingerprint density at radius 3 is 2.38 bits per heavy atom. The second-order valence-corrected chi connectivity index (χ2v) is 6.90. The third kappa shape index (κ3) is 2.60. The summed E-state index contributed by atoms with van der Waals surface area (Å²) in [6.07, 6.45) is 1.57. The van der Waals surface area contributed by atoms with Crippen molar-refractivity contribution in [2.75, 3.05) is 4.72 Å². The van der Waals surface area contributed by atoms with E-state index in [0.29, 0.717) is 26.6 Å². The van der Waals surface area contributed by atoms with Gasteiger partial charge in [-0.1, -0.05) is 41.4 Å². The standard InChI is InChI=1S/C14H10Cl2N2O2S/c15-10-6-7-12(14-13(10)11(16)8-17-14)18-21(19,20)9-4-2-1-3-5-9/h1-8,17-18H. The van der Waals surface area contributed by atoms with Crippen molar-refractivity contribution < 1.29 is 8.42 Å². The lowest BCUT2D eigenvalue weighted by Crippen LogP contribution is -2.13. The van der Waals surface area contributed by atoms with Gasteiger partial charge in [0.05, 0.1) is 26.1 Å². The molecule has 108 valence electrons. The first-order chi connectivity index (χ1) is 9.99. The fourth-order valence-electron chi connectivity index (χ4n) is 2.06. The van der Waals surface area contributed by atoms with Gasteiger partial charge >= 0.3 is 0 Å². The Kier molecular flexibility index (Phi) is 3.57. The van der Waals surface area contributed by atoms with Gasteiger partial charge in [0.2, 0.25) is 0 Å². The Bertz CT molecular complexity index is 905. The lowest BCUT2D eigenvalue weighted by atomic mass is 10.2. The highest BCUT2D eigenvalue weighted by molar-refractivity contribution is 7.92. The molecular weight excluding hydrogens is 331 g/mol. The number of anilines is 1. The summed E-state index contributed by atoms with van der Waals surface area (Å²) in [5, 5.41) is 1.49. The summed E-state index contributed by atoms with van der Waals surface area (Å²) in [5.74, 6) is 0. The van der Waals surface area contributed by atoms with E-state index in [1.807, 2.05) is 0 Å². The topological polar surface area (TPSA) is 62.0 Å².